The third-order valence-electron chi connectivity index (χ3n) is 0.251. The first-order valence-corrected chi connectivity index (χ1v) is 20.6. The number of allylic oxidation sites excluding steroid dienone is 1. The van der Waals surface area contributed by atoms with E-state index >= 15 is 0 Å². The molecule has 0 aromatic carbocycles. The van der Waals surface area contributed by atoms with Gasteiger partial charge in [-0.2, -0.15) is 0 Å². The standard InChI is InChI=1S/C3H4.3Bi.H/c1-3-2;;;;/h1H,2H3;;;;. The Bertz CT molecular complexity index is 70.1. The molecule has 0 aromatic rings. The van der Waals surface area contributed by atoms with Crippen molar-refractivity contribution in [3.63, 3.8) is 0 Å². The molecule has 0 unspecified atom stereocenters. The van der Waals surface area contributed by atoms with Gasteiger partial charge in [0.15, 0.2) is 0 Å². The Morgan fingerprint density at radius 2 is 2.50 bits per heavy atom. The molecule has 0 aromatic heterocycles. The summed E-state index contributed by atoms with van der Waals surface area (Å²) in [7, 11) is 0. The van der Waals surface area contributed by atoms with Crippen molar-refractivity contribution < 1.29 is 0 Å². The molecule has 2 radical (unpaired) electrons. The molecule has 0 heterocycles. The summed E-state index contributed by atoms with van der Waals surface area (Å²) in [4.78, 5) is 0. The number of hydrogen-bond donors (Lipinski definition) is 0. The van der Waals surface area contributed by atoms with Gasteiger partial charge in [0.05, 0.1) is 0 Å². The first-order valence-electron chi connectivity index (χ1n) is 1.50. The van der Waals surface area contributed by atoms with Gasteiger partial charge < -0.3 is 0 Å². The van der Waals surface area contributed by atoms with Crippen molar-refractivity contribution in [2.45, 2.75) is 6.92 Å². The van der Waals surface area contributed by atoms with Gasteiger partial charge in [-0.05, 0) is 0 Å². The molecule has 0 fully saturated rings. The van der Waals surface area contributed by atoms with E-state index in [1.165, 1.54) is 24.7 Å². The van der Waals surface area contributed by atoms with E-state index in [2.05, 4.69) is 10.7 Å². The maximum absolute atomic E-state index is 2.50. The zero-order valence-corrected chi connectivity index (χ0v) is 14.3. The van der Waals surface area contributed by atoms with Crippen molar-refractivity contribution in [3.05, 3.63) is 7.06 Å². The normalized spacial score (nSPS) is 11.3. The van der Waals surface area contributed by atoms with Crippen LogP contribution < -0.4 is 0 Å². The van der Waals surface area contributed by atoms with E-state index in [-0.39, 0.29) is 17.8 Å². The fraction of sp³-hybridized carbons (Fsp3) is 0.333. The maximum atomic E-state index is 2.50. The van der Waals surface area contributed by atoms with E-state index < -0.39 is 0 Å². The molecule has 0 bridgehead atoms. The minimum atomic E-state index is 0.0610. The van der Waals surface area contributed by atoms with E-state index in [1.807, 2.05) is 0 Å². The van der Waals surface area contributed by atoms with Gasteiger partial charge in [-0.1, -0.05) is 0 Å². The van der Waals surface area contributed by atoms with E-state index in [0.29, 0.717) is 0 Å². The topological polar surface area (TPSA) is 0 Å². The van der Waals surface area contributed by atoms with E-state index in [4.69, 9.17) is 0 Å². The van der Waals surface area contributed by atoms with Gasteiger partial charge in [-0.15, -0.1) is 0 Å². The summed E-state index contributed by atoms with van der Waals surface area (Å²) < 4.78 is 4.16. The Labute approximate surface area is 74.1 Å². The van der Waals surface area contributed by atoms with Crippen LogP contribution in [0, 0.1) is 0 Å². The van der Waals surface area contributed by atoms with Crippen LogP contribution >= 0.6 is 0 Å². The van der Waals surface area contributed by atoms with Gasteiger partial charge in [-0.25, -0.2) is 0 Å². The molecule has 0 spiro atoms. The van der Waals surface area contributed by atoms with Crippen LogP contribution in [0.3, 0.4) is 0 Å². The fourth-order valence-corrected chi connectivity index (χ4v) is 24.0. The van der Waals surface area contributed by atoms with Gasteiger partial charge in [0, 0.05) is 0 Å². The van der Waals surface area contributed by atoms with Crippen molar-refractivity contribution in [2.75, 3.05) is 0 Å². The van der Waals surface area contributed by atoms with Crippen molar-refractivity contribution >= 4 is 61.8 Å². The molecule has 0 nitrogen and oxygen atoms in total. The summed E-state index contributed by atoms with van der Waals surface area (Å²) in [6, 6.07) is 0. The number of rotatable bonds is 1. The molecule has 0 saturated heterocycles. The van der Waals surface area contributed by atoms with Crippen LogP contribution in [0.2, 0.25) is 0 Å². The minimum absolute atomic E-state index is 0.0610. The summed E-state index contributed by atoms with van der Waals surface area (Å²) in [6.07, 6.45) is 0. The van der Waals surface area contributed by atoms with Crippen molar-refractivity contribution in [1.82, 2.24) is 0 Å². The molecule has 0 aliphatic rings. The molecular formula is C3H5Bi3. The molecule has 0 aliphatic carbocycles. The third-order valence-corrected chi connectivity index (χ3v) is 10.5. The van der Waals surface area contributed by atoms with Gasteiger partial charge in [0.25, 0.3) is 0 Å². The van der Waals surface area contributed by atoms with Gasteiger partial charge in [0.1, 0.15) is 0 Å². The van der Waals surface area contributed by atoms with Crippen LogP contribution in [0.15, 0.2) is 7.06 Å². The Morgan fingerprint density at radius 1 is 2.00 bits per heavy atom. The first kappa shape index (κ1) is 8.39. The Hall–Kier alpha value is 2.39. The molecular weight excluding hydrogens is 663 g/mol. The summed E-state index contributed by atoms with van der Waals surface area (Å²) in [5, 5.41) is 0. The average molecular weight is 668 g/mol. The molecule has 0 atom stereocenters. The van der Waals surface area contributed by atoms with E-state index in [0.717, 1.165) is 0 Å². The van der Waals surface area contributed by atoms with Crippen LogP contribution in [-0.4, -0.2) is 61.8 Å². The molecule has 32 valence electrons. The molecule has 0 aliphatic heterocycles. The van der Waals surface area contributed by atoms with Crippen LogP contribution in [0.1, 0.15) is 6.92 Å². The predicted octanol–water partition coefficient (Wildman–Crippen LogP) is -0.464. The van der Waals surface area contributed by atoms with Crippen LogP contribution in [0.25, 0.3) is 0 Å². The van der Waals surface area contributed by atoms with Gasteiger partial charge in [0.2, 0.25) is 0 Å². The van der Waals surface area contributed by atoms with Crippen molar-refractivity contribution in [2.24, 2.45) is 0 Å². The third kappa shape index (κ3) is 6.39. The van der Waals surface area contributed by atoms with Crippen molar-refractivity contribution in [3.8, 4) is 0 Å². The second-order valence-electron chi connectivity index (χ2n) is 0.928. The van der Waals surface area contributed by atoms with Crippen molar-refractivity contribution in [1.29, 1.82) is 0 Å². The monoisotopic (exact) mass is 668 g/mol. The van der Waals surface area contributed by atoms with E-state index in [9.17, 15) is 0 Å². The van der Waals surface area contributed by atoms with Crippen LogP contribution in [-0.2, 0) is 0 Å². The van der Waals surface area contributed by atoms with Gasteiger partial charge in [-0.3, -0.25) is 0 Å². The average Bonchev–Trinajstić information content (AvgIpc) is 1.35. The Balaban J connectivity index is 3.41. The zero-order valence-electron chi connectivity index (χ0n) is 3.47. The molecule has 0 amide bonds. The first-order chi connectivity index (χ1) is 2.77. The van der Waals surface area contributed by atoms with E-state index in [1.54, 1.807) is 22.5 Å². The summed E-state index contributed by atoms with van der Waals surface area (Å²) in [6.45, 7) is 2.24. The SMILES string of the molecule is C[C]([BiH])=[CH][Bi]=[Bi]. The Morgan fingerprint density at radius 3 is 2.50 bits per heavy atom. The summed E-state index contributed by atoms with van der Waals surface area (Å²) in [5.41, 5.74) is 0. The summed E-state index contributed by atoms with van der Waals surface area (Å²) in [5.74, 6) is 0. The summed E-state index contributed by atoms with van der Waals surface area (Å²) >= 11 is 3.04. The van der Waals surface area contributed by atoms with Crippen LogP contribution in [0.5, 0.6) is 0 Å². The zero-order chi connectivity index (χ0) is 4.99. The second kappa shape index (κ2) is 5.52. The molecule has 0 saturated carbocycles. The molecule has 3 heteroatoms. The molecule has 0 rings (SSSR count). The fourth-order valence-electron chi connectivity index (χ4n) is 0.0866. The van der Waals surface area contributed by atoms with Gasteiger partial charge >= 0.3 is 75.7 Å². The quantitative estimate of drug-likeness (QED) is 0.333. The molecule has 6 heavy (non-hydrogen) atoms. The predicted molar refractivity (Wildman–Crippen MR) is 32.4 cm³/mol. The van der Waals surface area contributed by atoms with Crippen LogP contribution in [0.4, 0.5) is 0 Å². The Kier molecular flexibility index (Phi) is 7.72. The number of hydrogen-bond acceptors (Lipinski definition) is 0. The molecule has 0 N–H and O–H groups in total. The second-order valence-corrected chi connectivity index (χ2v) is 13.8.